The predicted molar refractivity (Wildman–Crippen MR) is 60.0 cm³/mol. The van der Waals surface area contributed by atoms with E-state index in [4.69, 9.17) is 5.11 Å². The van der Waals surface area contributed by atoms with Gasteiger partial charge in [-0.2, -0.15) is 48.3 Å². The topological polar surface area (TPSA) is 20.2 Å². The Hall–Kier alpha value is -0.0800. The van der Waals surface area contributed by atoms with Gasteiger partial charge in [0.2, 0.25) is 0 Å². The maximum absolute atomic E-state index is 13.3. The van der Waals surface area contributed by atoms with Gasteiger partial charge in [-0.15, -0.1) is 0 Å². The molecular formula is C9H8F11IO. The van der Waals surface area contributed by atoms with Gasteiger partial charge in [0.15, 0.2) is 0 Å². The molecule has 0 aliphatic rings. The molecule has 22 heavy (non-hydrogen) atoms. The summed E-state index contributed by atoms with van der Waals surface area (Å²) in [6, 6.07) is 0. The Morgan fingerprint density at radius 1 is 0.727 bits per heavy atom. The van der Waals surface area contributed by atoms with Crippen molar-refractivity contribution in [2.75, 3.05) is 6.61 Å². The first kappa shape index (κ1) is 21.9. The molecule has 1 nitrogen and oxygen atoms in total. The summed E-state index contributed by atoms with van der Waals surface area (Å²) in [5.74, 6) is -27.6. The molecule has 1 atom stereocenters. The third-order valence-corrected chi connectivity index (χ3v) is 3.98. The summed E-state index contributed by atoms with van der Waals surface area (Å²) in [5, 5.41) is 8.33. The van der Waals surface area contributed by atoms with E-state index in [1.54, 1.807) is 0 Å². The molecule has 1 unspecified atom stereocenters. The molecule has 0 heterocycles. The third-order valence-electron chi connectivity index (χ3n) is 2.57. The fourth-order valence-corrected chi connectivity index (χ4v) is 2.06. The minimum Gasteiger partial charge on any atom is -0.396 e. The summed E-state index contributed by atoms with van der Waals surface area (Å²) in [5.41, 5.74) is 0. The minimum atomic E-state index is -7.37. The van der Waals surface area contributed by atoms with Crippen LogP contribution in [0, 0.1) is 0 Å². The van der Waals surface area contributed by atoms with E-state index in [9.17, 15) is 48.3 Å². The van der Waals surface area contributed by atoms with Crippen LogP contribution in [0.5, 0.6) is 0 Å². The Bertz CT molecular complexity index is 378. The van der Waals surface area contributed by atoms with E-state index >= 15 is 0 Å². The van der Waals surface area contributed by atoms with Crippen LogP contribution in [0.1, 0.15) is 12.8 Å². The summed E-state index contributed by atoms with van der Waals surface area (Å²) in [6.07, 6.45) is -8.73. The van der Waals surface area contributed by atoms with Crippen LogP contribution in [0.4, 0.5) is 48.3 Å². The molecule has 1 N–H and O–H groups in total. The van der Waals surface area contributed by atoms with E-state index in [-0.39, 0.29) is 0 Å². The zero-order chi connectivity index (χ0) is 18.2. The standard InChI is InChI=1S/C9H8F11IO/c10-5(11,4(21)2-1-3-22)6(12,13)7(14,15)8(16,17)9(18,19)20/h4,22H,1-3H2. The molecule has 0 aromatic carbocycles. The van der Waals surface area contributed by atoms with Gasteiger partial charge >= 0.3 is 29.9 Å². The summed E-state index contributed by atoms with van der Waals surface area (Å²) < 4.78 is 136. The highest BCUT2D eigenvalue weighted by atomic mass is 127. The van der Waals surface area contributed by atoms with E-state index < -0.39 is 53.2 Å². The van der Waals surface area contributed by atoms with Crippen LogP contribution < -0.4 is 0 Å². The van der Waals surface area contributed by atoms with Crippen molar-refractivity contribution in [3.05, 3.63) is 0 Å². The Labute approximate surface area is 130 Å². The van der Waals surface area contributed by atoms with Gasteiger partial charge in [-0.25, -0.2) is 0 Å². The van der Waals surface area contributed by atoms with Gasteiger partial charge in [0.05, 0.1) is 3.92 Å². The highest BCUT2D eigenvalue weighted by Crippen LogP contribution is 2.58. The van der Waals surface area contributed by atoms with Crippen molar-refractivity contribution in [2.24, 2.45) is 0 Å². The van der Waals surface area contributed by atoms with Crippen LogP contribution in [0.2, 0.25) is 0 Å². The van der Waals surface area contributed by atoms with Gasteiger partial charge in [0.1, 0.15) is 0 Å². The smallest absolute Gasteiger partial charge is 0.396 e. The van der Waals surface area contributed by atoms with Crippen LogP contribution >= 0.6 is 22.6 Å². The molecular weight excluding hydrogens is 460 g/mol. The highest BCUT2D eigenvalue weighted by Gasteiger charge is 2.87. The quantitative estimate of drug-likeness (QED) is 0.328. The van der Waals surface area contributed by atoms with Crippen LogP contribution in [-0.4, -0.2) is 45.5 Å². The van der Waals surface area contributed by atoms with Gasteiger partial charge in [-0.1, -0.05) is 22.6 Å². The molecule has 0 saturated carbocycles. The number of aliphatic hydroxyl groups excluding tert-OH is 1. The van der Waals surface area contributed by atoms with Gasteiger partial charge in [-0.05, 0) is 12.8 Å². The number of hydrogen-bond acceptors (Lipinski definition) is 1. The number of aliphatic hydroxyl groups is 1. The molecule has 0 bridgehead atoms. The molecule has 0 saturated heterocycles. The zero-order valence-corrected chi connectivity index (χ0v) is 12.3. The molecule has 0 aromatic heterocycles. The number of alkyl halides is 12. The lowest BCUT2D eigenvalue weighted by molar-refractivity contribution is -0.421. The maximum Gasteiger partial charge on any atom is 0.460 e. The van der Waals surface area contributed by atoms with Crippen molar-refractivity contribution in [1.82, 2.24) is 0 Å². The van der Waals surface area contributed by atoms with Crippen molar-refractivity contribution >= 4 is 22.6 Å². The lowest BCUT2D eigenvalue weighted by Gasteiger charge is -2.38. The third kappa shape index (κ3) is 3.38. The number of halogens is 12. The van der Waals surface area contributed by atoms with Crippen molar-refractivity contribution < 1.29 is 53.4 Å². The van der Waals surface area contributed by atoms with Gasteiger partial charge in [-0.3, -0.25) is 0 Å². The van der Waals surface area contributed by atoms with Crippen LogP contribution in [0.3, 0.4) is 0 Å². The molecule has 0 aliphatic heterocycles. The van der Waals surface area contributed by atoms with Crippen LogP contribution in [0.25, 0.3) is 0 Å². The predicted octanol–water partition coefficient (Wildman–Crippen LogP) is 4.67. The molecule has 0 amide bonds. The van der Waals surface area contributed by atoms with Crippen LogP contribution in [0.15, 0.2) is 0 Å². The molecule has 0 spiro atoms. The highest BCUT2D eigenvalue weighted by molar-refractivity contribution is 14.1. The first-order valence-corrected chi connectivity index (χ1v) is 6.56. The van der Waals surface area contributed by atoms with E-state index in [0.29, 0.717) is 22.6 Å². The van der Waals surface area contributed by atoms with Gasteiger partial charge in [0.25, 0.3) is 0 Å². The first-order valence-electron chi connectivity index (χ1n) is 5.31. The Morgan fingerprint density at radius 3 is 1.45 bits per heavy atom. The molecule has 0 aromatic rings. The summed E-state index contributed by atoms with van der Waals surface area (Å²) in [4.78, 5) is 0. The maximum atomic E-state index is 13.3. The molecule has 0 fully saturated rings. The SMILES string of the molecule is OCCCC(I)C(F)(F)C(F)(F)C(F)(F)C(F)(F)C(F)(F)F. The lowest BCUT2D eigenvalue weighted by Crippen LogP contribution is -2.68. The Balaban J connectivity index is 5.78. The average Bonchev–Trinajstić information content (AvgIpc) is 2.33. The fourth-order valence-electron chi connectivity index (χ4n) is 1.23. The minimum absolute atomic E-state index is 0.521. The van der Waals surface area contributed by atoms with Gasteiger partial charge in [0, 0.05) is 6.61 Å². The fraction of sp³-hybridized carbons (Fsp3) is 1.00. The molecule has 134 valence electrons. The van der Waals surface area contributed by atoms with E-state index in [2.05, 4.69) is 0 Å². The van der Waals surface area contributed by atoms with Crippen LogP contribution in [-0.2, 0) is 0 Å². The molecule has 0 rings (SSSR count). The van der Waals surface area contributed by atoms with E-state index in [1.165, 1.54) is 0 Å². The van der Waals surface area contributed by atoms with Gasteiger partial charge < -0.3 is 5.11 Å². The molecule has 0 aliphatic carbocycles. The van der Waals surface area contributed by atoms with Crippen molar-refractivity contribution in [1.29, 1.82) is 0 Å². The monoisotopic (exact) mass is 468 g/mol. The van der Waals surface area contributed by atoms with Crippen molar-refractivity contribution in [3.8, 4) is 0 Å². The summed E-state index contributed by atoms with van der Waals surface area (Å²) in [6.45, 7) is -0.795. The van der Waals surface area contributed by atoms with E-state index in [1.807, 2.05) is 0 Å². The molecule has 0 radical (unpaired) electrons. The second-order valence-corrected chi connectivity index (χ2v) is 5.68. The van der Waals surface area contributed by atoms with Crippen molar-refractivity contribution in [2.45, 2.75) is 46.6 Å². The average molecular weight is 468 g/mol. The Kier molecular flexibility index (Phi) is 6.41. The Morgan fingerprint density at radius 2 is 1.14 bits per heavy atom. The summed E-state index contributed by atoms with van der Waals surface area (Å²) >= 11 is 0.521. The summed E-state index contributed by atoms with van der Waals surface area (Å²) in [7, 11) is 0. The second-order valence-electron chi connectivity index (χ2n) is 4.18. The second kappa shape index (κ2) is 6.43. The number of rotatable bonds is 7. The normalized spacial score (nSPS) is 16.8. The number of hydrogen-bond donors (Lipinski definition) is 1. The molecule has 13 heteroatoms. The lowest BCUT2D eigenvalue weighted by atomic mass is 9.94. The van der Waals surface area contributed by atoms with Crippen molar-refractivity contribution in [3.63, 3.8) is 0 Å². The zero-order valence-electron chi connectivity index (χ0n) is 10.2. The largest absolute Gasteiger partial charge is 0.460 e. The van der Waals surface area contributed by atoms with E-state index in [0.717, 1.165) is 0 Å². The first-order chi connectivity index (χ1) is 9.48.